The van der Waals surface area contributed by atoms with Gasteiger partial charge in [0, 0.05) is 43.2 Å². The molecule has 0 aliphatic carbocycles. The Hall–Kier alpha value is -3.45. The first kappa shape index (κ1) is 37.3. The maximum atomic E-state index is 14.0. The number of amides is 3. The summed E-state index contributed by atoms with van der Waals surface area (Å²) in [4.78, 5) is 48.6. The zero-order valence-electron chi connectivity index (χ0n) is 28.8. The van der Waals surface area contributed by atoms with Gasteiger partial charge in [0.25, 0.3) is 5.91 Å². The van der Waals surface area contributed by atoms with Crippen LogP contribution in [0.25, 0.3) is 11.3 Å². The van der Waals surface area contributed by atoms with Crippen LogP contribution in [0.5, 0.6) is 0 Å². The van der Waals surface area contributed by atoms with Crippen LogP contribution in [-0.4, -0.2) is 64.3 Å². The summed E-state index contributed by atoms with van der Waals surface area (Å²) in [7, 11) is 0. The number of ether oxygens (including phenoxy) is 1. The fourth-order valence-corrected chi connectivity index (χ4v) is 8.17. The molecule has 51 heavy (non-hydrogen) atoms. The van der Waals surface area contributed by atoms with Crippen LogP contribution in [0.15, 0.2) is 76.4 Å². The number of hydrogen-bond acceptors (Lipinski definition) is 9. The molecule has 1 fully saturated rings. The molecule has 0 bridgehead atoms. The molecule has 13 heteroatoms. The van der Waals surface area contributed by atoms with Crippen molar-refractivity contribution in [2.45, 2.75) is 75.1 Å². The second-order valence-corrected chi connectivity index (χ2v) is 16.7. The number of thiazole rings is 1. The van der Waals surface area contributed by atoms with Crippen LogP contribution in [0.1, 0.15) is 50.3 Å². The van der Waals surface area contributed by atoms with Crippen molar-refractivity contribution in [3.05, 3.63) is 98.8 Å². The molecule has 1 atom stereocenters. The van der Waals surface area contributed by atoms with E-state index in [2.05, 4.69) is 15.5 Å². The Morgan fingerprint density at radius 3 is 2.53 bits per heavy atom. The maximum Gasteiger partial charge on any atom is 0.421 e. The summed E-state index contributed by atoms with van der Waals surface area (Å²) in [6.45, 7) is 8.43. The van der Waals surface area contributed by atoms with E-state index >= 15 is 0 Å². The van der Waals surface area contributed by atoms with Crippen LogP contribution in [0, 0.1) is 0 Å². The van der Waals surface area contributed by atoms with Crippen LogP contribution in [0.2, 0.25) is 10.0 Å². The van der Waals surface area contributed by atoms with Gasteiger partial charge in [0.15, 0.2) is 4.34 Å². The zero-order chi connectivity index (χ0) is 36.1. The molecule has 4 aromatic rings. The third kappa shape index (κ3) is 9.91. The number of imide groups is 1. The standard InChI is InChI=1S/C38H41Cl2N5O4S2/c1-38(2,3)49-37(48)45(35(47)32-19-25-7-4-5-8-27(25)20-41-32)29-10-6-9-26(18-29)33-22-50-36(43-33)51-23-34(46)42-28-13-15-44(16-14-28)21-24-11-12-30(39)31(40)17-24/h4-12,17-18,22,28,32,41H,13-16,19-21,23H2,1-3H3,(H,42,46). The molecule has 0 saturated carbocycles. The van der Waals surface area contributed by atoms with Gasteiger partial charge < -0.3 is 15.4 Å². The molecule has 9 nitrogen and oxygen atoms in total. The number of nitrogens with one attached hydrogen (secondary N) is 2. The van der Waals surface area contributed by atoms with E-state index in [1.807, 2.05) is 53.9 Å². The Kier molecular flexibility index (Phi) is 12.1. The quantitative estimate of drug-likeness (QED) is 0.166. The third-order valence-corrected chi connectivity index (χ3v) is 11.5. The van der Waals surface area contributed by atoms with Crippen molar-refractivity contribution in [2.75, 3.05) is 23.7 Å². The first-order valence-electron chi connectivity index (χ1n) is 16.9. The van der Waals surface area contributed by atoms with Gasteiger partial charge in [-0.25, -0.2) is 14.7 Å². The monoisotopic (exact) mass is 765 g/mol. The average molecular weight is 767 g/mol. The highest BCUT2D eigenvalue weighted by Gasteiger charge is 2.35. The number of hydrogen-bond donors (Lipinski definition) is 2. The topological polar surface area (TPSA) is 104 Å². The smallest absolute Gasteiger partial charge is 0.421 e. The molecule has 2 aliphatic rings. The lowest BCUT2D eigenvalue weighted by molar-refractivity contribution is -0.121. The fraction of sp³-hybridized carbons (Fsp3) is 0.368. The minimum atomic E-state index is -0.794. The number of fused-ring (bicyclic) bond motifs is 1. The summed E-state index contributed by atoms with van der Waals surface area (Å²) >= 11 is 15.1. The van der Waals surface area contributed by atoms with Gasteiger partial charge in [-0.1, -0.05) is 77.4 Å². The highest BCUT2D eigenvalue weighted by molar-refractivity contribution is 8.01. The number of anilines is 1. The summed E-state index contributed by atoms with van der Waals surface area (Å²) in [6, 6.07) is 20.5. The number of benzene rings is 3. The predicted octanol–water partition coefficient (Wildman–Crippen LogP) is 7.97. The second-order valence-electron chi connectivity index (χ2n) is 13.8. The molecular weight excluding hydrogens is 725 g/mol. The molecule has 6 rings (SSSR count). The number of carbonyl (C=O) groups excluding carboxylic acids is 3. The number of aromatic nitrogens is 1. The number of piperidine rings is 1. The molecule has 1 unspecified atom stereocenters. The van der Waals surface area contributed by atoms with Gasteiger partial charge in [-0.2, -0.15) is 0 Å². The summed E-state index contributed by atoms with van der Waals surface area (Å²) in [5.41, 5.74) is 4.39. The Bertz CT molecular complexity index is 1890. The highest BCUT2D eigenvalue weighted by Crippen LogP contribution is 2.32. The van der Waals surface area contributed by atoms with Gasteiger partial charge in [-0.05, 0) is 81.0 Å². The lowest BCUT2D eigenvalue weighted by Crippen LogP contribution is -2.52. The number of likely N-dealkylation sites (tertiary alicyclic amines) is 1. The Morgan fingerprint density at radius 1 is 1.02 bits per heavy atom. The van der Waals surface area contributed by atoms with Crippen LogP contribution < -0.4 is 15.5 Å². The predicted molar refractivity (Wildman–Crippen MR) is 206 cm³/mol. The first-order chi connectivity index (χ1) is 24.4. The van der Waals surface area contributed by atoms with Crippen LogP contribution in [0.4, 0.5) is 10.5 Å². The van der Waals surface area contributed by atoms with Crippen LogP contribution >= 0.6 is 46.3 Å². The molecule has 1 saturated heterocycles. The largest absolute Gasteiger partial charge is 0.443 e. The molecule has 2 N–H and O–H groups in total. The molecule has 3 heterocycles. The molecule has 3 amide bonds. The highest BCUT2D eigenvalue weighted by atomic mass is 35.5. The minimum Gasteiger partial charge on any atom is -0.443 e. The average Bonchev–Trinajstić information content (AvgIpc) is 3.58. The normalized spacial score (nSPS) is 16.7. The number of halogens is 2. The molecule has 2 aliphatic heterocycles. The SMILES string of the molecule is CC(C)(C)OC(=O)N(C(=O)C1Cc2ccccc2CN1)c1cccc(-c2csc(SCC(=O)NC3CCN(Cc4ccc(Cl)c(Cl)c4)CC3)n2)c1. The number of rotatable bonds is 9. The number of nitrogens with zero attached hydrogens (tertiary/aromatic N) is 3. The van der Waals surface area contributed by atoms with Gasteiger partial charge in [-0.15, -0.1) is 11.3 Å². The number of thioether (sulfide) groups is 1. The zero-order valence-corrected chi connectivity index (χ0v) is 31.9. The third-order valence-electron chi connectivity index (χ3n) is 8.73. The summed E-state index contributed by atoms with van der Waals surface area (Å²) in [5.74, 6) is -0.143. The number of carbonyl (C=O) groups is 3. The van der Waals surface area contributed by atoms with E-state index in [9.17, 15) is 14.4 Å². The summed E-state index contributed by atoms with van der Waals surface area (Å²) in [5, 5.41) is 9.52. The van der Waals surface area contributed by atoms with Crippen molar-refractivity contribution < 1.29 is 19.1 Å². The van der Waals surface area contributed by atoms with E-state index < -0.39 is 17.7 Å². The molecule has 3 aromatic carbocycles. The maximum absolute atomic E-state index is 14.0. The van der Waals surface area contributed by atoms with Crippen molar-refractivity contribution in [3.63, 3.8) is 0 Å². The van der Waals surface area contributed by atoms with Crippen molar-refractivity contribution in [1.82, 2.24) is 20.5 Å². The Labute approximate surface area is 317 Å². The molecule has 1 aromatic heterocycles. The van der Waals surface area contributed by atoms with E-state index in [0.717, 1.165) is 64.0 Å². The van der Waals surface area contributed by atoms with E-state index in [-0.39, 0.29) is 23.6 Å². The van der Waals surface area contributed by atoms with E-state index in [1.165, 1.54) is 23.1 Å². The fourth-order valence-electron chi connectivity index (χ4n) is 6.20. The van der Waals surface area contributed by atoms with Gasteiger partial charge in [0.2, 0.25) is 5.91 Å². The molecule has 0 spiro atoms. The van der Waals surface area contributed by atoms with E-state index in [1.54, 1.807) is 39.0 Å². The van der Waals surface area contributed by atoms with Gasteiger partial charge in [0.05, 0.1) is 33.2 Å². The summed E-state index contributed by atoms with van der Waals surface area (Å²) < 4.78 is 6.46. The van der Waals surface area contributed by atoms with Crippen molar-refractivity contribution >= 4 is 69.9 Å². The Morgan fingerprint density at radius 2 is 1.78 bits per heavy atom. The second kappa shape index (κ2) is 16.5. The summed E-state index contributed by atoms with van der Waals surface area (Å²) in [6.07, 6.45) is 1.49. The van der Waals surface area contributed by atoms with Gasteiger partial charge in [0.1, 0.15) is 5.60 Å². The van der Waals surface area contributed by atoms with Crippen LogP contribution in [0.3, 0.4) is 0 Å². The van der Waals surface area contributed by atoms with Crippen molar-refractivity contribution in [1.29, 1.82) is 0 Å². The first-order valence-corrected chi connectivity index (χ1v) is 19.6. The van der Waals surface area contributed by atoms with Crippen LogP contribution in [-0.2, 0) is 33.8 Å². The molecular formula is C38H41Cl2N5O4S2. The van der Waals surface area contributed by atoms with Crippen molar-refractivity contribution in [2.24, 2.45) is 0 Å². The van der Waals surface area contributed by atoms with Crippen molar-refractivity contribution in [3.8, 4) is 11.3 Å². The lowest BCUT2D eigenvalue weighted by atomic mass is 9.95. The minimum absolute atomic E-state index is 0.0212. The van der Waals surface area contributed by atoms with E-state index in [0.29, 0.717) is 34.4 Å². The van der Waals surface area contributed by atoms with Gasteiger partial charge >= 0.3 is 6.09 Å². The Balaban J connectivity index is 1.05. The lowest BCUT2D eigenvalue weighted by Gasteiger charge is -2.32. The molecule has 0 radical (unpaired) electrons. The van der Waals surface area contributed by atoms with Gasteiger partial charge in [-0.3, -0.25) is 14.5 Å². The molecule has 268 valence electrons. The van der Waals surface area contributed by atoms with E-state index in [4.69, 9.17) is 32.9 Å².